The van der Waals surface area contributed by atoms with E-state index in [1.165, 1.54) is 66.8 Å². The highest BCUT2D eigenvalue weighted by atomic mass is 14.9. The summed E-state index contributed by atoms with van der Waals surface area (Å²) in [6.45, 7) is 0. The summed E-state index contributed by atoms with van der Waals surface area (Å²) in [6.07, 6.45) is 5.66. The highest BCUT2D eigenvalue weighted by molar-refractivity contribution is 5.90. The molecule has 1 nitrogen and oxygen atoms in total. The molecular weight excluding hydrogens is 530 g/mol. The van der Waals surface area contributed by atoms with Crippen molar-refractivity contribution in [2.75, 3.05) is 0 Å². The number of dihydropyridines is 1. The zero-order valence-electron chi connectivity index (χ0n) is 24.4. The molecule has 208 valence electrons. The van der Waals surface area contributed by atoms with E-state index in [2.05, 4.69) is 169 Å². The number of allylic oxidation sites excluding steroid dienone is 2. The summed E-state index contributed by atoms with van der Waals surface area (Å²) in [5.41, 5.74) is 16.8. The zero-order chi connectivity index (χ0) is 29.1. The molecule has 44 heavy (non-hydrogen) atoms. The van der Waals surface area contributed by atoms with Gasteiger partial charge in [0.2, 0.25) is 0 Å². The summed E-state index contributed by atoms with van der Waals surface area (Å²) >= 11 is 0. The van der Waals surface area contributed by atoms with Gasteiger partial charge in [0, 0.05) is 5.70 Å². The van der Waals surface area contributed by atoms with E-state index in [9.17, 15) is 0 Å². The van der Waals surface area contributed by atoms with Gasteiger partial charge in [-0.15, -0.1) is 0 Å². The Morgan fingerprint density at radius 3 is 1.82 bits per heavy atom. The molecule has 1 N–H and O–H groups in total. The maximum absolute atomic E-state index is 3.82. The fourth-order valence-corrected chi connectivity index (χ4v) is 7.90. The third kappa shape index (κ3) is 3.66. The predicted molar refractivity (Wildman–Crippen MR) is 181 cm³/mol. The highest BCUT2D eigenvalue weighted by Gasteiger charge is 2.49. The molecule has 0 radical (unpaired) electrons. The van der Waals surface area contributed by atoms with Crippen molar-refractivity contribution < 1.29 is 0 Å². The van der Waals surface area contributed by atoms with Crippen molar-refractivity contribution in [3.05, 3.63) is 214 Å². The van der Waals surface area contributed by atoms with Crippen LogP contribution in [0.25, 0.3) is 22.4 Å². The van der Waals surface area contributed by atoms with Crippen molar-refractivity contribution >= 4 is 11.3 Å². The Balaban J connectivity index is 1.29. The van der Waals surface area contributed by atoms with Gasteiger partial charge < -0.3 is 5.32 Å². The Bertz CT molecular complexity index is 2070. The second-order valence-corrected chi connectivity index (χ2v) is 12.1. The SMILES string of the molecule is C1=C(c2ccc3c(c2)C2(c4ccccc4C3)c3ccccc3-c3ccccc32)C=C(c2ccccc2)NC1c1ccccc1. The fraction of sp³-hybridized carbons (Fsp3) is 0.0698. The maximum atomic E-state index is 3.82. The first-order valence-electron chi connectivity index (χ1n) is 15.5. The minimum absolute atomic E-state index is 0.0741. The second kappa shape index (κ2) is 9.82. The molecule has 1 heterocycles. The lowest BCUT2D eigenvalue weighted by atomic mass is 9.61. The van der Waals surface area contributed by atoms with Gasteiger partial charge in [0.05, 0.1) is 11.5 Å². The van der Waals surface area contributed by atoms with Crippen molar-refractivity contribution in [1.29, 1.82) is 0 Å². The molecule has 6 aromatic carbocycles. The van der Waals surface area contributed by atoms with Crippen molar-refractivity contribution in [2.45, 2.75) is 17.9 Å². The molecule has 2 aliphatic carbocycles. The minimum atomic E-state index is -0.356. The molecule has 0 fully saturated rings. The van der Waals surface area contributed by atoms with Crippen LogP contribution in [0.15, 0.2) is 164 Å². The van der Waals surface area contributed by atoms with Crippen LogP contribution in [0.4, 0.5) is 0 Å². The molecule has 1 spiro atoms. The Labute approximate surface area is 258 Å². The molecular formula is C43H31N. The van der Waals surface area contributed by atoms with E-state index in [0.29, 0.717) is 0 Å². The van der Waals surface area contributed by atoms with Crippen LogP contribution >= 0.6 is 0 Å². The third-order valence-electron chi connectivity index (χ3n) is 9.80. The first-order valence-corrected chi connectivity index (χ1v) is 15.5. The molecule has 1 atom stereocenters. The Morgan fingerprint density at radius 2 is 1.09 bits per heavy atom. The first-order chi connectivity index (χ1) is 21.8. The van der Waals surface area contributed by atoms with Crippen LogP contribution in [0.5, 0.6) is 0 Å². The van der Waals surface area contributed by atoms with Crippen LogP contribution in [0.1, 0.15) is 56.1 Å². The number of benzene rings is 6. The van der Waals surface area contributed by atoms with Gasteiger partial charge in [0.1, 0.15) is 0 Å². The largest absolute Gasteiger partial charge is 0.374 e. The lowest BCUT2D eigenvalue weighted by molar-refractivity contribution is 0.721. The quantitative estimate of drug-likeness (QED) is 0.226. The number of hydrogen-bond acceptors (Lipinski definition) is 1. The smallest absolute Gasteiger partial charge is 0.0719 e. The normalized spacial score (nSPS) is 17.0. The molecule has 0 amide bonds. The topological polar surface area (TPSA) is 12.0 Å². The van der Waals surface area contributed by atoms with Crippen molar-refractivity contribution in [2.24, 2.45) is 0 Å². The Morgan fingerprint density at radius 1 is 0.500 bits per heavy atom. The van der Waals surface area contributed by atoms with Crippen LogP contribution in [0, 0.1) is 0 Å². The number of nitrogens with one attached hydrogen (secondary N) is 1. The Hall–Kier alpha value is -5.40. The third-order valence-corrected chi connectivity index (χ3v) is 9.80. The van der Waals surface area contributed by atoms with Crippen molar-refractivity contribution in [3.8, 4) is 11.1 Å². The van der Waals surface area contributed by atoms with Crippen molar-refractivity contribution in [1.82, 2.24) is 5.32 Å². The maximum Gasteiger partial charge on any atom is 0.0719 e. The molecule has 9 rings (SSSR count). The van der Waals surface area contributed by atoms with E-state index in [4.69, 9.17) is 0 Å². The van der Waals surface area contributed by atoms with Gasteiger partial charge in [0.15, 0.2) is 0 Å². The Kier molecular flexibility index (Phi) is 5.61. The van der Waals surface area contributed by atoms with Crippen LogP contribution in [0.2, 0.25) is 0 Å². The molecule has 0 aromatic heterocycles. The van der Waals surface area contributed by atoms with Gasteiger partial charge in [-0.25, -0.2) is 0 Å². The van der Waals surface area contributed by atoms with Gasteiger partial charge in [-0.3, -0.25) is 0 Å². The molecule has 1 heteroatoms. The summed E-state index contributed by atoms with van der Waals surface area (Å²) < 4.78 is 0. The average Bonchev–Trinajstić information content (AvgIpc) is 3.40. The van der Waals surface area contributed by atoms with Gasteiger partial charge >= 0.3 is 0 Å². The van der Waals surface area contributed by atoms with Crippen LogP contribution in [-0.4, -0.2) is 0 Å². The average molecular weight is 562 g/mol. The molecule has 3 aliphatic rings. The molecule has 0 bridgehead atoms. The van der Waals surface area contributed by atoms with E-state index in [0.717, 1.165) is 12.1 Å². The number of fused-ring (bicyclic) bond motifs is 9. The summed E-state index contributed by atoms with van der Waals surface area (Å²) in [6, 6.07) is 56.0. The van der Waals surface area contributed by atoms with Gasteiger partial charge in [0.25, 0.3) is 0 Å². The van der Waals surface area contributed by atoms with Crippen LogP contribution in [-0.2, 0) is 11.8 Å². The first kappa shape index (κ1) is 25.1. The highest BCUT2D eigenvalue weighted by Crippen LogP contribution is 2.59. The zero-order valence-corrected chi connectivity index (χ0v) is 24.4. The standard InChI is InChI=1S/C43H31N/c1-3-13-29(14-4-1)41-27-34(28-42(44-41)30-15-5-2-6-16-30)31-23-24-33-25-32-17-7-10-20-37(32)43(40(33)26-31)38-21-11-8-18-35(38)36-19-9-12-22-39(36)43/h1-24,26-28,41,44H,25H2. The molecule has 0 saturated heterocycles. The fourth-order valence-electron chi connectivity index (χ4n) is 7.90. The predicted octanol–water partition coefficient (Wildman–Crippen LogP) is 9.72. The minimum Gasteiger partial charge on any atom is -0.374 e. The van der Waals surface area contributed by atoms with E-state index in [-0.39, 0.29) is 11.5 Å². The molecule has 1 unspecified atom stereocenters. The van der Waals surface area contributed by atoms with Crippen molar-refractivity contribution in [3.63, 3.8) is 0 Å². The van der Waals surface area contributed by atoms with Crippen LogP contribution < -0.4 is 5.32 Å². The number of hydrogen-bond donors (Lipinski definition) is 1. The lowest BCUT2D eigenvalue weighted by Gasteiger charge is -2.40. The monoisotopic (exact) mass is 561 g/mol. The van der Waals surface area contributed by atoms with Gasteiger partial charge in [-0.05, 0) is 91.4 Å². The van der Waals surface area contributed by atoms with E-state index >= 15 is 0 Å². The van der Waals surface area contributed by atoms with Crippen LogP contribution in [0.3, 0.4) is 0 Å². The molecule has 0 saturated carbocycles. The lowest BCUT2D eigenvalue weighted by Crippen LogP contribution is -2.34. The second-order valence-electron chi connectivity index (χ2n) is 12.1. The molecule has 1 aliphatic heterocycles. The summed E-state index contributed by atoms with van der Waals surface area (Å²) in [5.74, 6) is 0. The number of rotatable bonds is 3. The summed E-state index contributed by atoms with van der Waals surface area (Å²) in [7, 11) is 0. The molecule has 6 aromatic rings. The summed E-state index contributed by atoms with van der Waals surface area (Å²) in [4.78, 5) is 0. The van der Waals surface area contributed by atoms with E-state index < -0.39 is 0 Å². The summed E-state index contributed by atoms with van der Waals surface area (Å²) in [5, 5.41) is 3.82. The van der Waals surface area contributed by atoms with Gasteiger partial charge in [-0.2, -0.15) is 0 Å². The van der Waals surface area contributed by atoms with Gasteiger partial charge in [-0.1, -0.05) is 146 Å². The van der Waals surface area contributed by atoms with E-state index in [1.807, 2.05) is 0 Å². The van der Waals surface area contributed by atoms with E-state index in [1.54, 1.807) is 0 Å².